The number of hydrogen-bond donors (Lipinski definition) is 2. The zero-order valence-corrected chi connectivity index (χ0v) is 21.8. The minimum absolute atomic E-state index is 0. The Morgan fingerprint density at radius 2 is 2.03 bits per heavy atom. The summed E-state index contributed by atoms with van der Waals surface area (Å²) in [7, 11) is 0. The lowest BCUT2D eigenvalue weighted by Crippen LogP contribution is -2.32. The summed E-state index contributed by atoms with van der Waals surface area (Å²) in [6.45, 7) is 8.46. The van der Waals surface area contributed by atoms with E-state index >= 15 is 0 Å². The Morgan fingerprint density at radius 1 is 1.22 bits per heavy atom. The maximum Gasteiger partial charge on any atom is 0.196 e. The summed E-state index contributed by atoms with van der Waals surface area (Å²) in [5, 5.41) is 7.78. The normalized spacial score (nSPS) is 11.3. The van der Waals surface area contributed by atoms with E-state index in [1.54, 1.807) is 17.6 Å². The Labute approximate surface area is 210 Å². The molecule has 9 heteroatoms. The van der Waals surface area contributed by atoms with Gasteiger partial charge in [0.05, 0.1) is 23.9 Å². The van der Waals surface area contributed by atoms with Crippen molar-refractivity contribution >= 4 is 47.0 Å². The van der Waals surface area contributed by atoms with Crippen LogP contribution in [0.1, 0.15) is 35.9 Å². The second-order valence-electron chi connectivity index (χ2n) is 7.24. The number of rotatable bonds is 11. The number of thiazole rings is 1. The smallest absolute Gasteiger partial charge is 0.196 e. The van der Waals surface area contributed by atoms with Crippen molar-refractivity contribution in [3.8, 4) is 5.75 Å². The van der Waals surface area contributed by atoms with E-state index in [0.29, 0.717) is 19.8 Å². The molecule has 0 atom stereocenters. The molecular formula is C23H31IN4O3S. The van der Waals surface area contributed by atoms with Gasteiger partial charge in [-0.25, -0.2) is 9.98 Å². The van der Waals surface area contributed by atoms with E-state index in [-0.39, 0.29) is 30.1 Å². The third kappa shape index (κ3) is 9.58. The number of ether oxygens (including phenoxy) is 2. The van der Waals surface area contributed by atoms with E-state index in [9.17, 15) is 0 Å². The van der Waals surface area contributed by atoms with Gasteiger partial charge < -0.3 is 24.5 Å². The first-order chi connectivity index (χ1) is 15.1. The van der Waals surface area contributed by atoms with Crippen molar-refractivity contribution in [2.24, 2.45) is 4.99 Å². The van der Waals surface area contributed by atoms with Crippen LogP contribution >= 0.6 is 35.3 Å². The second-order valence-corrected chi connectivity index (χ2v) is 8.56. The number of anilines is 1. The number of nitrogens with zero attached hydrogens (tertiary/aromatic N) is 2. The number of guanidine groups is 1. The summed E-state index contributed by atoms with van der Waals surface area (Å²) in [5.74, 6) is 2.40. The van der Waals surface area contributed by atoms with Gasteiger partial charge in [-0.3, -0.25) is 0 Å². The highest BCUT2D eigenvalue weighted by Crippen LogP contribution is 2.17. The van der Waals surface area contributed by atoms with Crippen LogP contribution in [0.4, 0.5) is 5.69 Å². The molecule has 0 aliphatic heterocycles. The van der Waals surface area contributed by atoms with Gasteiger partial charge in [-0.05, 0) is 63.6 Å². The Balaban J connectivity index is 0.00000363. The first kappa shape index (κ1) is 26.1. The molecule has 0 saturated carbocycles. The van der Waals surface area contributed by atoms with Crippen LogP contribution in [0.2, 0.25) is 0 Å². The maximum absolute atomic E-state index is 5.71. The largest absolute Gasteiger partial charge is 0.491 e. The summed E-state index contributed by atoms with van der Waals surface area (Å²) in [6, 6.07) is 11.6. The molecule has 7 nitrogen and oxygen atoms in total. The molecule has 0 aliphatic carbocycles. The average molecular weight is 570 g/mol. The summed E-state index contributed by atoms with van der Waals surface area (Å²) in [6.07, 6.45) is 4.53. The van der Waals surface area contributed by atoms with Crippen LogP contribution < -0.4 is 15.4 Å². The molecule has 174 valence electrons. The highest BCUT2D eigenvalue weighted by atomic mass is 127. The molecular weight excluding hydrogens is 539 g/mol. The molecule has 2 aromatic heterocycles. The fourth-order valence-corrected chi connectivity index (χ4v) is 3.47. The monoisotopic (exact) mass is 570 g/mol. The molecule has 0 radical (unpaired) electrons. The van der Waals surface area contributed by atoms with E-state index < -0.39 is 0 Å². The van der Waals surface area contributed by atoms with Gasteiger partial charge in [0.2, 0.25) is 0 Å². The van der Waals surface area contributed by atoms with Crippen molar-refractivity contribution in [3.05, 3.63) is 64.5 Å². The third-order valence-electron chi connectivity index (χ3n) is 4.13. The zero-order valence-electron chi connectivity index (χ0n) is 18.7. The van der Waals surface area contributed by atoms with Crippen molar-refractivity contribution in [1.29, 1.82) is 0 Å². The van der Waals surface area contributed by atoms with Gasteiger partial charge in [0.25, 0.3) is 0 Å². The van der Waals surface area contributed by atoms with Crippen LogP contribution in [0, 0.1) is 6.92 Å². The van der Waals surface area contributed by atoms with Crippen LogP contribution in [0.25, 0.3) is 0 Å². The van der Waals surface area contributed by atoms with Crippen LogP contribution in [0.15, 0.2) is 58.3 Å². The van der Waals surface area contributed by atoms with Gasteiger partial charge in [-0.15, -0.1) is 35.3 Å². The lowest BCUT2D eigenvalue weighted by atomic mass is 10.3. The van der Waals surface area contributed by atoms with E-state index in [0.717, 1.165) is 46.0 Å². The number of aliphatic imine (C=N–C) groups is 1. The molecule has 0 unspecified atom stereocenters. The van der Waals surface area contributed by atoms with Gasteiger partial charge in [0, 0.05) is 29.9 Å². The summed E-state index contributed by atoms with van der Waals surface area (Å²) < 4.78 is 16.6. The maximum atomic E-state index is 5.71. The van der Waals surface area contributed by atoms with Crippen LogP contribution in [0.5, 0.6) is 5.75 Å². The Kier molecular flexibility index (Phi) is 11.5. The minimum Gasteiger partial charge on any atom is -0.491 e. The molecule has 2 heterocycles. The van der Waals surface area contributed by atoms with Crippen molar-refractivity contribution in [2.75, 3.05) is 18.5 Å². The number of nitrogens with one attached hydrogen (secondary N) is 2. The molecule has 3 aromatic rings. The average Bonchev–Trinajstić information content (AvgIpc) is 3.41. The van der Waals surface area contributed by atoms with Gasteiger partial charge in [0.15, 0.2) is 5.96 Å². The molecule has 0 amide bonds. The molecule has 0 fully saturated rings. The molecule has 0 aliphatic rings. The third-order valence-corrected chi connectivity index (χ3v) is 5.03. The van der Waals surface area contributed by atoms with Gasteiger partial charge in [-0.2, -0.15) is 0 Å². The first-order valence-corrected chi connectivity index (χ1v) is 11.2. The van der Waals surface area contributed by atoms with Crippen molar-refractivity contribution < 1.29 is 13.9 Å². The molecule has 0 bridgehead atoms. The highest BCUT2D eigenvalue weighted by molar-refractivity contribution is 14.0. The fourth-order valence-electron chi connectivity index (χ4n) is 2.75. The SMILES string of the molecule is Cc1ncc(CN=C(NCCCOCc2ccco2)Nc2ccc(OC(C)C)cc2)s1.I. The molecule has 0 saturated heterocycles. The van der Waals surface area contributed by atoms with Crippen molar-refractivity contribution in [2.45, 2.75) is 46.4 Å². The fraction of sp³-hybridized carbons (Fsp3) is 0.391. The topological polar surface area (TPSA) is 80.9 Å². The van der Waals surface area contributed by atoms with Gasteiger partial charge >= 0.3 is 0 Å². The Bertz CT molecular complexity index is 927. The lowest BCUT2D eigenvalue weighted by molar-refractivity contribution is 0.105. The number of benzene rings is 1. The Morgan fingerprint density at radius 3 is 2.69 bits per heavy atom. The van der Waals surface area contributed by atoms with E-state index in [4.69, 9.17) is 18.9 Å². The lowest BCUT2D eigenvalue weighted by Gasteiger charge is -2.14. The van der Waals surface area contributed by atoms with Crippen LogP contribution in [-0.2, 0) is 17.9 Å². The predicted octanol–water partition coefficient (Wildman–Crippen LogP) is 5.61. The highest BCUT2D eigenvalue weighted by Gasteiger charge is 2.04. The molecule has 32 heavy (non-hydrogen) atoms. The standard InChI is InChI=1S/C23H30N4O3S.HI/c1-17(2)30-20-9-7-19(8-10-20)27-23(26-15-22-14-25-18(3)31-22)24-11-5-12-28-16-21-6-4-13-29-21;/h4,6-10,13-14,17H,5,11-12,15-16H2,1-3H3,(H2,24,26,27);1H. The summed E-state index contributed by atoms with van der Waals surface area (Å²) >= 11 is 1.66. The molecule has 2 N–H and O–H groups in total. The zero-order chi connectivity index (χ0) is 21.9. The second kappa shape index (κ2) is 14.1. The number of aromatic nitrogens is 1. The van der Waals surface area contributed by atoms with E-state index in [1.807, 2.05) is 63.4 Å². The molecule has 3 rings (SSSR count). The van der Waals surface area contributed by atoms with E-state index in [1.165, 1.54) is 0 Å². The molecule has 1 aromatic carbocycles. The predicted molar refractivity (Wildman–Crippen MR) is 140 cm³/mol. The minimum atomic E-state index is 0. The van der Waals surface area contributed by atoms with Gasteiger partial charge in [-0.1, -0.05) is 0 Å². The first-order valence-electron chi connectivity index (χ1n) is 10.4. The quantitative estimate of drug-likeness (QED) is 0.135. The van der Waals surface area contributed by atoms with Crippen molar-refractivity contribution in [3.63, 3.8) is 0 Å². The Hall–Kier alpha value is -2.11. The van der Waals surface area contributed by atoms with Crippen LogP contribution in [0.3, 0.4) is 0 Å². The van der Waals surface area contributed by atoms with E-state index in [2.05, 4.69) is 15.6 Å². The van der Waals surface area contributed by atoms with Crippen LogP contribution in [-0.4, -0.2) is 30.2 Å². The van der Waals surface area contributed by atoms with Crippen molar-refractivity contribution in [1.82, 2.24) is 10.3 Å². The summed E-state index contributed by atoms with van der Waals surface area (Å²) in [5.41, 5.74) is 0.942. The number of halogens is 1. The van der Waals surface area contributed by atoms with Gasteiger partial charge in [0.1, 0.15) is 18.1 Å². The summed E-state index contributed by atoms with van der Waals surface area (Å²) in [4.78, 5) is 10.1. The number of furan rings is 1. The number of aryl methyl sites for hydroxylation is 1. The number of hydrogen-bond acceptors (Lipinski definition) is 6. The molecule has 0 spiro atoms.